The van der Waals surface area contributed by atoms with Gasteiger partial charge in [-0.3, -0.25) is 23.7 Å². The highest BCUT2D eigenvalue weighted by molar-refractivity contribution is 8.00. The maximum Gasteiger partial charge on any atom is 0.418 e. The number of carbonyl (C=O) groups is 4. The van der Waals surface area contributed by atoms with Crippen LogP contribution in [0.1, 0.15) is 39.2 Å². The van der Waals surface area contributed by atoms with Crippen LogP contribution < -0.4 is 19.8 Å². The quantitative estimate of drug-likeness (QED) is 0.188. The Hall–Kier alpha value is -4.89. The molecule has 2 aliphatic heterocycles. The number of hydrogen-bond acceptors (Lipinski definition) is 9. The third kappa shape index (κ3) is 5.87. The van der Waals surface area contributed by atoms with E-state index in [2.05, 4.69) is 5.32 Å². The highest BCUT2D eigenvalue weighted by Crippen LogP contribution is 2.55. The fourth-order valence-electron chi connectivity index (χ4n) is 5.90. The number of benzene rings is 3. The lowest BCUT2D eigenvalue weighted by molar-refractivity contribution is -0.137. The summed E-state index contributed by atoms with van der Waals surface area (Å²) < 4.78 is 52.4. The van der Waals surface area contributed by atoms with Crippen LogP contribution in [0.15, 0.2) is 82.6 Å². The fourth-order valence-corrected chi connectivity index (χ4v) is 8.67. The number of fused-ring (bicyclic) bond motifs is 2. The molecule has 3 atom stereocenters. The van der Waals surface area contributed by atoms with Crippen LogP contribution in [0.25, 0.3) is 0 Å². The van der Waals surface area contributed by atoms with Gasteiger partial charge in [-0.05, 0) is 49.4 Å². The lowest BCUT2D eigenvalue weighted by Gasteiger charge is -2.31. The van der Waals surface area contributed by atoms with Gasteiger partial charge in [-0.1, -0.05) is 53.4 Å². The third-order valence-corrected chi connectivity index (χ3v) is 10.6. The molecule has 1 saturated heterocycles. The number of esters is 1. The minimum absolute atomic E-state index is 0.173. The zero-order chi connectivity index (χ0) is 34.3. The molecule has 0 bridgehead atoms. The number of imide groups is 1. The van der Waals surface area contributed by atoms with Gasteiger partial charge in [0.05, 0.1) is 47.2 Å². The molecule has 3 aromatic carbocycles. The molecule has 1 N–H and O–H groups in total. The predicted molar refractivity (Wildman–Crippen MR) is 172 cm³/mol. The Morgan fingerprint density at radius 2 is 1.62 bits per heavy atom. The number of aromatic nitrogens is 1. The first-order chi connectivity index (χ1) is 22.9. The number of amides is 3. The van der Waals surface area contributed by atoms with E-state index >= 15 is 0 Å². The summed E-state index contributed by atoms with van der Waals surface area (Å²) in [5.74, 6) is -3.95. The van der Waals surface area contributed by atoms with Crippen LogP contribution in [0.4, 0.5) is 24.5 Å². The molecule has 10 nitrogen and oxygen atoms in total. The maximum absolute atomic E-state index is 14.2. The Morgan fingerprint density at radius 3 is 2.31 bits per heavy atom. The van der Waals surface area contributed by atoms with Crippen molar-refractivity contribution in [3.8, 4) is 5.75 Å². The van der Waals surface area contributed by atoms with Crippen LogP contribution in [-0.4, -0.2) is 47.2 Å². The van der Waals surface area contributed by atoms with Crippen LogP contribution in [0.3, 0.4) is 0 Å². The van der Waals surface area contributed by atoms with Crippen molar-refractivity contribution in [2.24, 2.45) is 5.92 Å². The molecule has 3 amide bonds. The van der Waals surface area contributed by atoms with Crippen molar-refractivity contribution in [2.45, 2.75) is 35.8 Å². The van der Waals surface area contributed by atoms with Gasteiger partial charge in [0.25, 0.3) is 0 Å². The summed E-state index contributed by atoms with van der Waals surface area (Å²) in [6, 6.07) is 17.2. The summed E-state index contributed by atoms with van der Waals surface area (Å²) in [7, 11) is 1.45. The molecule has 3 heterocycles. The summed E-state index contributed by atoms with van der Waals surface area (Å²) in [5.41, 5.74) is -0.505. The smallest absolute Gasteiger partial charge is 0.418 e. The van der Waals surface area contributed by atoms with E-state index in [-0.39, 0.29) is 22.9 Å². The number of halogens is 3. The van der Waals surface area contributed by atoms with Crippen molar-refractivity contribution in [2.75, 3.05) is 23.9 Å². The van der Waals surface area contributed by atoms with E-state index in [4.69, 9.17) is 9.47 Å². The van der Waals surface area contributed by atoms with E-state index in [1.807, 2.05) is 0 Å². The summed E-state index contributed by atoms with van der Waals surface area (Å²) >= 11 is 1.75. The third-order valence-electron chi connectivity index (χ3n) is 7.97. The van der Waals surface area contributed by atoms with Gasteiger partial charge in [0.2, 0.25) is 17.7 Å². The van der Waals surface area contributed by atoms with Crippen LogP contribution >= 0.6 is 23.1 Å². The minimum Gasteiger partial charge on any atom is -0.496 e. The van der Waals surface area contributed by atoms with Gasteiger partial charge >= 0.3 is 17.0 Å². The van der Waals surface area contributed by atoms with Crippen molar-refractivity contribution < 1.29 is 41.8 Å². The average Bonchev–Trinajstić information content (AvgIpc) is 3.50. The monoisotopic (exact) mass is 697 g/mol. The topological polar surface area (TPSA) is 124 Å². The number of nitrogens with one attached hydrogen (secondary N) is 1. The zero-order valence-electron chi connectivity index (χ0n) is 25.3. The number of nitrogens with zero attached hydrogens (tertiary/aromatic N) is 2. The number of carbonyl (C=O) groups excluding carboxylic acids is 4. The van der Waals surface area contributed by atoms with Gasteiger partial charge in [0.15, 0.2) is 0 Å². The number of hydrogen-bond donors (Lipinski definition) is 1. The van der Waals surface area contributed by atoms with Crippen LogP contribution in [0.5, 0.6) is 5.75 Å². The van der Waals surface area contributed by atoms with Gasteiger partial charge in [-0.2, -0.15) is 13.2 Å². The largest absolute Gasteiger partial charge is 0.496 e. The molecule has 0 spiro atoms. The number of thiazole rings is 1. The number of anilines is 2. The van der Waals surface area contributed by atoms with Gasteiger partial charge in [0.1, 0.15) is 17.5 Å². The van der Waals surface area contributed by atoms with Crippen molar-refractivity contribution in [1.82, 2.24) is 4.57 Å². The highest BCUT2D eigenvalue weighted by atomic mass is 32.2. The molecule has 15 heteroatoms. The van der Waals surface area contributed by atoms with Crippen molar-refractivity contribution in [3.05, 3.63) is 104 Å². The van der Waals surface area contributed by atoms with Gasteiger partial charge in [-0.25, -0.2) is 9.69 Å². The number of rotatable bonds is 8. The lowest BCUT2D eigenvalue weighted by atomic mass is 9.82. The number of methoxy groups -OCH3 is 1. The zero-order valence-corrected chi connectivity index (χ0v) is 26.9. The second-order valence-corrected chi connectivity index (χ2v) is 12.9. The van der Waals surface area contributed by atoms with Gasteiger partial charge < -0.3 is 14.8 Å². The summed E-state index contributed by atoms with van der Waals surface area (Å²) in [5, 5.41) is 1.48. The molecule has 0 saturated carbocycles. The Labute approximate surface area is 279 Å². The summed E-state index contributed by atoms with van der Waals surface area (Å²) in [6.07, 6.45) is -4.73. The number of para-hydroxylation sites is 2. The maximum atomic E-state index is 14.2. The molecular formula is C33H26F3N3O7S2. The molecule has 2 aliphatic rings. The van der Waals surface area contributed by atoms with Gasteiger partial charge in [-0.15, -0.1) is 0 Å². The number of alkyl halides is 3. The average molecular weight is 698 g/mol. The molecule has 0 aliphatic carbocycles. The van der Waals surface area contributed by atoms with Crippen molar-refractivity contribution >= 4 is 58.2 Å². The fraction of sp³-hybridized carbons (Fsp3) is 0.242. The molecule has 248 valence electrons. The van der Waals surface area contributed by atoms with E-state index < -0.39 is 69.6 Å². The Morgan fingerprint density at radius 1 is 0.938 bits per heavy atom. The predicted octanol–water partition coefficient (Wildman–Crippen LogP) is 5.55. The molecule has 1 fully saturated rings. The van der Waals surface area contributed by atoms with Crippen LogP contribution in [-0.2, 0) is 31.8 Å². The molecule has 0 radical (unpaired) electrons. The molecule has 3 unspecified atom stereocenters. The van der Waals surface area contributed by atoms with E-state index in [0.717, 1.165) is 44.7 Å². The lowest BCUT2D eigenvalue weighted by Crippen LogP contribution is -2.33. The summed E-state index contributed by atoms with van der Waals surface area (Å²) in [6.45, 7) is 1.20. The minimum atomic E-state index is -4.73. The molecule has 4 aromatic rings. The summed E-state index contributed by atoms with van der Waals surface area (Å²) in [4.78, 5) is 67.8. The SMILES string of the molecule is CCOC(=O)c1ccc(N2C(=O)C3Sc4c(sc(=O)n4CC(=O)Nc4ccccc4C(F)(F)F)C(c4ccccc4OC)C3C2=O)cc1. The van der Waals surface area contributed by atoms with E-state index in [1.165, 1.54) is 43.5 Å². The van der Waals surface area contributed by atoms with E-state index in [9.17, 15) is 37.1 Å². The van der Waals surface area contributed by atoms with E-state index in [1.54, 1.807) is 31.2 Å². The first-order valence-corrected chi connectivity index (χ1v) is 16.3. The first-order valence-electron chi connectivity index (χ1n) is 14.6. The van der Waals surface area contributed by atoms with Crippen molar-refractivity contribution in [1.29, 1.82) is 0 Å². The number of thioether (sulfide) groups is 1. The Kier molecular flexibility index (Phi) is 8.92. The second-order valence-electron chi connectivity index (χ2n) is 10.8. The number of ether oxygens (including phenoxy) is 2. The molecule has 6 rings (SSSR count). The molecular weight excluding hydrogens is 672 g/mol. The van der Waals surface area contributed by atoms with Gasteiger partial charge in [0, 0.05) is 16.4 Å². The molecule has 1 aromatic heterocycles. The highest BCUT2D eigenvalue weighted by Gasteiger charge is 2.57. The Balaban J connectivity index is 1.39. The molecule has 48 heavy (non-hydrogen) atoms. The van der Waals surface area contributed by atoms with Crippen molar-refractivity contribution in [3.63, 3.8) is 0 Å². The van der Waals surface area contributed by atoms with E-state index in [0.29, 0.717) is 16.2 Å². The first kappa shape index (κ1) is 33.0. The van der Waals surface area contributed by atoms with Crippen LogP contribution in [0.2, 0.25) is 0 Å². The Bertz CT molecular complexity index is 1990. The normalized spacial score (nSPS) is 18.7. The second kappa shape index (κ2) is 13.0. The van der Waals surface area contributed by atoms with Crippen LogP contribution in [0, 0.1) is 5.92 Å². The standard InChI is InChI=1S/C33H26F3N3O7S2/c1-3-46-31(43)17-12-14-18(15-13-17)39-28(41)25-24(19-8-4-7-11-22(19)45-2)27-30(47-26(25)29(39)42)38(32(44)48-27)16-23(40)37-21-10-6-5-9-20(21)33(34,35)36/h4-15,24-26H,3,16H2,1-2H3,(H,37,40).